The molecule has 2 aliphatic heterocycles. The minimum atomic E-state index is 0.164. The average Bonchev–Trinajstić information content (AvgIpc) is 2.56. The van der Waals surface area contributed by atoms with Gasteiger partial charge in [0, 0.05) is 51.4 Å². The number of amides is 1. The zero-order chi connectivity index (χ0) is 15.4. The summed E-state index contributed by atoms with van der Waals surface area (Å²) in [7, 11) is 0. The van der Waals surface area contributed by atoms with Gasteiger partial charge in [-0.05, 0) is 18.6 Å². The van der Waals surface area contributed by atoms with Crippen LogP contribution in [0, 0.1) is 6.92 Å². The molecule has 1 aromatic heterocycles. The molecule has 6 heteroatoms. The molecule has 2 saturated heterocycles. The molecule has 3 rings (SSSR count). The first-order chi connectivity index (χ1) is 10.7. The summed E-state index contributed by atoms with van der Waals surface area (Å²) in [6.45, 7) is 7.52. The number of nitrogens with zero attached hydrogens (tertiary/aromatic N) is 3. The summed E-state index contributed by atoms with van der Waals surface area (Å²) >= 11 is 0. The van der Waals surface area contributed by atoms with Crippen LogP contribution in [0.2, 0.25) is 0 Å². The van der Waals surface area contributed by atoms with E-state index in [4.69, 9.17) is 4.74 Å². The largest absolute Gasteiger partial charge is 0.378 e. The van der Waals surface area contributed by atoms with E-state index in [-0.39, 0.29) is 11.9 Å². The van der Waals surface area contributed by atoms with E-state index in [1.165, 1.54) is 5.56 Å². The molecular formula is C16H24N4O2. The van der Waals surface area contributed by atoms with Gasteiger partial charge in [-0.1, -0.05) is 6.07 Å². The molecule has 22 heavy (non-hydrogen) atoms. The lowest BCUT2D eigenvalue weighted by molar-refractivity contribution is -0.132. The summed E-state index contributed by atoms with van der Waals surface area (Å²) in [5.74, 6) is 1.26. The maximum atomic E-state index is 12.4. The third-order valence-electron chi connectivity index (χ3n) is 4.33. The summed E-state index contributed by atoms with van der Waals surface area (Å²) in [5.41, 5.74) is 1.19. The predicted molar refractivity (Wildman–Crippen MR) is 85.0 cm³/mol. The van der Waals surface area contributed by atoms with Gasteiger partial charge in [0.25, 0.3) is 0 Å². The molecule has 1 N–H and O–H groups in total. The standard InChI is InChI=1S/C16H24N4O2/c1-13-3-2-4-18-16(13)20-8-6-19(7-9-20)15(21)11-14-12-22-10-5-17-14/h2-4,14,17H,5-12H2,1H3/t14-/m0/s1. The Morgan fingerprint density at radius 2 is 2.23 bits per heavy atom. The molecular weight excluding hydrogens is 280 g/mol. The minimum absolute atomic E-state index is 0.164. The van der Waals surface area contributed by atoms with Crippen LogP contribution in [0.5, 0.6) is 0 Å². The number of aromatic nitrogens is 1. The smallest absolute Gasteiger partial charge is 0.224 e. The maximum absolute atomic E-state index is 12.4. The molecule has 2 fully saturated rings. The average molecular weight is 304 g/mol. The summed E-state index contributed by atoms with van der Waals surface area (Å²) in [6, 6.07) is 4.20. The molecule has 0 saturated carbocycles. The van der Waals surface area contributed by atoms with Crippen LogP contribution in [-0.2, 0) is 9.53 Å². The van der Waals surface area contributed by atoms with Gasteiger partial charge in [-0.25, -0.2) is 4.98 Å². The fourth-order valence-corrected chi connectivity index (χ4v) is 3.07. The molecule has 1 atom stereocenters. The first-order valence-electron chi connectivity index (χ1n) is 7.99. The lowest BCUT2D eigenvalue weighted by Gasteiger charge is -2.36. The molecule has 0 unspecified atom stereocenters. The number of carbonyl (C=O) groups excluding carboxylic acids is 1. The first-order valence-corrected chi connectivity index (χ1v) is 7.99. The van der Waals surface area contributed by atoms with Crippen LogP contribution in [0.15, 0.2) is 18.3 Å². The van der Waals surface area contributed by atoms with Gasteiger partial charge < -0.3 is 19.9 Å². The monoisotopic (exact) mass is 304 g/mol. The molecule has 0 bridgehead atoms. The van der Waals surface area contributed by atoms with Crippen molar-refractivity contribution in [3.63, 3.8) is 0 Å². The lowest BCUT2D eigenvalue weighted by Crippen LogP contribution is -2.51. The Hall–Kier alpha value is -1.66. The second-order valence-electron chi connectivity index (χ2n) is 5.94. The van der Waals surface area contributed by atoms with E-state index in [1.807, 2.05) is 17.2 Å². The second kappa shape index (κ2) is 7.07. The number of morpholine rings is 1. The van der Waals surface area contributed by atoms with Crippen LogP contribution < -0.4 is 10.2 Å². The summed E-state index contributed by atoms with van der Waals surface area (Å²) < 4.78 is 5.41. The van der Waals surface area contributed by atoms with Gasteiger partial charge in [-0.3, -0.25) is 4.79 Å². The number of carbonyl (C=O) groups is 1. The number of nitrogens with one attached hydrogen (secondary N) is 1. The molecule has 120 valence electrons. The van der Waals surface area contributed by atoms with Crippen molar-refractivity contribution in [1.29, 1.82) is 0 Å². The van der Waals surface area contributed by atoms with Crippen molar-refractivity contribution in [3.8, 4) is 0 Å². The molecule has 2 aliphatic rings. The van der Waals surface area contributed by atoms with Crippen molar-refractivity contribution < 1.29 is 9.53 Å². The summed E-state index contributed by atoms with van der Waals surface area (Å²) in [4.78, 5) is 21.1. The van der Waals surface area contributed by atoms with Gasteiger partial charge >= 0.3 is 0 Å². The van der Waals surface area contributed by atoms with Crippen molar-refractivity contribution in [2.45, 2.75) is 19.4 Å². The van der Waals surface area contributed by atoms with Crippen LogP contribution >= 0.6 is 0 Å². The number of piperazine rings is 1. The van der Waals surface area contributed by atoms with Crippen LogP contribution in [0.25, 0.3) is 0 Å². The quantitative estimate of drug-likeness (QED) is 0.877. The normalized spacial score (nSPS) is 22.7. The predicted octanol–water partition coefficient (Wildman–Crippen LogP) is 0.417. The van der Waals surface area contributed by atoms with E-state index < -0.39 is 0 Å². The fraction of sp³-hybridized carbons (Fsp3) is 0.625. The van der Waals surface area contributed by atoms with Crippen LogP contribution in [0.3, 0.4) is 0 Å². The highest BCUT2D eigenvalue weighted by Crippen LogP contribution is 2.18. The Kier molecular flexibility index (Phi) is 4.90. The number of hydrogen-bond acceptors (Lipinski definition) is 5. The van der Waals surface area contributed by atoms with Crippen LogP contribution in [-0.4, -0.2) is 67.8 Å². The third kappa shape index (κ3) is 3.56. The van der Waals surface area contributed by atoms with Gasteiger partial charge in [0.1, 0.15) is 5.82 Å². The van der Waals surface area contributed by atoms with Crippen molar-refractivity contribution in [3.05, 3.63) is 23.9 Å². The summed E-state index contributed by atoms with van der Waals surface area (Å²) in [5, 5.41) is 3.34. The number of hydrogen-bond donors (Lipinski definition) is 1. The highest BCUT2D eigenvalue weighted by atomic mass is 16.5. The number of pyridine rings is 1. The molecule has 6 nitrogen and oxygen atoms in total. The molecule has 0 aromatic carbocycles. The van der Waals surface area contributed by atoms with E-state index in [2.05, 4.69) is 28.2 Å². The first kappa shape index (κ1) is 15.2. The molecule has 0 aliphatic carbocycles. The SMILES string of the molecule is Cc1cccnc1N1CCN(C(=O)C[C@H]2COCCN2)CC1. The number of rotatable bonds is 3. The van der Waals surface area contributed by atoms with Gasteiger partial charge in [-0.15, -0.1) is 0 Å². The molecule has 3 heterocycles. The Bertz CT molecular complexity index is 509. The zero-order valence-corrected chi connectivity index (χ0v) is 13.1. The molecule has 1 amide bonds. The van der Waals surface area contributed by atoms with E-state index in [0.717, 1.165) is 45.1 Å². The topological polar surface area (TPSA) is 57.7 Å². The fourth-order valence-electron chi connectivity index (χ4n) is 3.07. The van der Waals surface area contributed by atoms with Gasteiger partial charge in [0.15, 0.2) is 0 Å². The van der Waals surface area contributed by atoms with Crippen molar-refractivity contribution in [1.82, 2.24) is 15.2 Å². The highest BCUT2D eigenvalue weighted by molar-refractivity contribution is 5.77. The Balaban J connectivity index is 1.51. The van der Waals surface area contributed by atoms with Crippen molar-refractivity contribution in [2.75, 3.05) is 50.8 Å². The number of anilines is 1. The van der Waals surface area contributed by atoms with Crippen LogP contribution in [0.4, 0.5) is 5.82 Å². The van der Waals surface area contributed by atoms with E-state index in [1.54, 1.807) is 0 Å². The van der Waals surface area contributed by atoms with E-state index in [9.17, 15) is 4.79 Å². The Morgan fingerprint density at radius 1 is 1.41 bits per heavy atom. The number of aryl methyl sites for hydroxylation is 1. The Labute approximate surface area is 131 Å². The van der Waals surface area contributed by atoms with E-state index in [0.29, 0.717) is 13.0 Å². The van der Waals surface area contributed by atoms with Gasteiger partial charge in [0.05, 0.1) is 13.2 Å². The van der Waals surface area contributed by atoms with Crippen molar-refractivity contribution >= 4 is 11.7 Å². The van der Waals surface area contributed by atoms with Crippen LogP contribution in [0.1, 0.15) is 12.0 Å². The molecule has 0 radical (unpaired) electrons. The zero-order valence-electron chi connectivity index (χ0n) is 13.1. The maximum Gasteiger partial charge on any atom is 0.224 e. The summed E-state index contributed by atoms with van der Waals surface area (Å²) in [6.07, 6.45) is 2.36. The van der Waals surface area contributed by atoms with E-state index >= 15 is 0 Å². The second-order valence-corrected chi connectivity index (χ2v) is 5.94. The van der Waals surface area contributed by atoms with Gasteiger partial charge in [0.2, 0.25) is 5.91 Å². The van der Waals surface area contributed by atoms with Gasteiger partial charge in [-0.2, -0.15) is 0 Å². The highest BCUT2D eigenvalue weighted by Gasteiger charge is 2.25. The molecule has 1 aromatic rings. The lowest BCUT2D eigenvalue weighted by atomic mass is 10.1. The molecule has 0 spiro atoms. The van der Waals surface area contributed by atoms with Crippen molar-refractivity contribution in [2.24, 2.45) is 0 Å². The number of ether oxygens (including phenoxy) is 1. The Morgan fingerprint density at radius 3 is 2.91 bits per heavy atom. The third-order valence-corrected chi connectivity index (χ3v) is 4.33. The minimum Gasteiger partial charge on any atom is -0.378 e.